The van der Waals surface area contributed by atoms with Gasteiger partial charge in [0.1, 0.15) is 0 Å². The van der Waals surface area contributed by atoms with Gasteiger partial charge in [0.2, 0.25) is 0 Å². The second-order valence-electron chi connectivity index (χ2n) is 5.36. The second kappa shape index (κ2) is 4.74. The fraction of sp³-hybridized carbons (Fsp3) is 0.500. The van der Waals surface area contributed by atoms with E-state index in [1.54, 1.807) is 12.1 Å². The maximum atomic E-state index is 10.8. The van der Waals surface area contributed by atoms with Crippen LogP contribution in [0.1, 0.15) is 29.6 Å². The Balaban J connectivity index is 1.62. The van der Waals surface area contributed by atoms with E-state index in [9.17, 15) is 4.79 Å². The highest BCUT2D eigenvalue weighted by molar-refractivity contribution is 5.90. The zero-order valence-electron chi connectivity index (χ0n) is 10.6. The van der Waals surface area contributed by atoms with Crippen molar-refractivity contribution in [1.82, 2.24) is 0 Å². The Kier molecular flexibility index (Phi) is 3.06. The van der Waals surface area contributed by atoms with Crippen molar-refractivity contribution < 1.29 is 14.6 Å². The molecule has 4 N–H and O–H groups in total. The third kappa shape index (κ3) is 2.38. The van der Waals surface area contributed by atoms with Crippen LogP contribution < -0.4 is 11.1 Å². The minimum absolute atomic E-state index is 0.214. The van der Waals surface area contributed by atoms with Crippen LogP contribution in [0.3, 0.4) is 0 Å². The molecule has 0 aromatic heterocycles. The predicted molar refractivity (Wildman–Crippen MR) is 72.3 cm³/mol. The zero-order valence-corrected chi connectivity index (χ0v) is 10.6. The summed E-state index contributed by atoms with van der Waals surface area (Å²) < 4.78 is 5.81. The first-order valence-electron chi connectivity index (χ1n) is 6.65. The van der Waals surface area contributed by atoms with E-state index in [0.29, 0.717) is 23.8 Å². The van der Waals surface area contributed by atoms with E-state index in [1.807, 2.05) is 0 Å². The number of benzene rings is 1. The largest absolute Gasteiger partial charge is 0.478 e. The van der Waals surface area contributed by atoms with Crippen LogP contribution in [-0.2, 0) is 4.74 Å². The molecule has 2 heterocycles. The molecule has 2 bridgehead atoms. The number of fused-ring (bicyclic) bond motifs is 2. The van der Waals surface area contributed by atoms with Gasteiger partial charge in [-0.25, -0.2) is 4.79 Å². The van der Waals surface area contributed by atoms with Crippen molar-refractivity contribution >= 4 is 17.3 Å². The molecule has 1 aromatic rings. The number of nitrogens with one attached hydrogen (secondary N) is 1. The van der Waals surface area contributed by atoms with Gasteiger partial charge in [0.25, 0.3) is 0 Å². The fourth-order valence-electron chi connectivity index (χ4n) is 3.06. The number of carboxylic acids is 1. The Labute approximate surface area is 111 Å². The van der Waals surface area contributed by atoms with Crippen molar-refractivity contribution in [3.05, 3.63) is 23.8 Å². The van der Waals surface area contributed by atoms with E-state index in [0.717, 1.165) is 25.1 Å². The molecule has 0 radical (unpaired) electrons. The number of hydrogen-bond acceptors (Lipinski definition) is 4. The molecule has 19 heavy (non-hydrogen) atoms. The first kappa shape index (κ1) is 12.3. The molecule has 5 nitrogen and oxygen atoms in total. The standard InChI is InChI=1S/C14H18N2O3/c15-11-6-8(14(17)18)1-3-12(11)16-7-9-5-10-2-4-13(9)19-10/h1,3,6,9-10,13,16H,2,4-5,7,15H2,(H,17,18). The fourth-order valence-corrected chi connectivity index (χ4v) is 3.06. The second-order valence-corrected chi connectivity index (χ2v) is 5.36. The van der Waals surface area contributed by atoms with E-state index < -0.39 is 5.97 Å². The summed E-state index contributed by atoms with van der Waals surface area (Å²) in [5.41, 5.74) is 7.35. The topological polar surface area (TPSA) is 84.6 Å². The molecule has 2 aliphatic rings. The van der Waals surface area contributed by atoms with Gasteiger partial charge in [0.05, 0.1) is 29.1 Å². The molecule has 3 atom stereocenters. The summed E-state index contributed by atoms with van der Waals surface area (Å²) in [6.45, 7) is 0.831. The molecular formula is C14H18N2O3. The summed E-state index contributed by atoms with van der Waals surface area (Å²) >= 11 is 0. The molecule has 102 valence electrons. The molecule has 1 aromatic carbocycles. The SMILES string of the molecule is Nc1cc(C(=O)O)ccc1NCC1CC2CCC1O2. The van der Waals surface area contributed by atoms with Gasteiger partial charge < -0.3 is 20.9 Å². The van der Waals surface area contributed by atoms with E-state index in [1.165, 1.54) is 12.5 Å². The average Bonchev–Trinajstić information content (AvgIpc) is 2.99. The summed E-state index contributed by atoms with van der Waals surface area (Å²) in [4.78, 5) is 10.8. The molecule has 2 aliphatic heterocycles. The van der Waals surface area contributed by atoms with Crippen LogP contribution in [0.5, 0.6) is 0 Å². The molecular weight excluding hydrogens is 244 g/mol. The highest BCUT2D eigenvalue weighted by Gasteiger charge is 2.40. The normalized spacial score (nSPS) is 28.5. The molecule has 2 fully saturated rings. The van der Waals surface area contributed by atoms with Crippen molar-refractivity contribution in [1.29, 1.82) is 0 Å². The van der Waals surface area contributed by atoms with Crippen molar-refractivity contribution in [2.45, 2.75) is 31.5 Å². The van der Waals surface area contributed by atoms with Crippen LogP contribution in [0, 0.1) is 5.92 Å². The highest BCUT2D eigenvalue weighted by Crippen LogP contribution is 2.38. The third-order valence-corrected chi connectivity index (χ3v) is 4.09. The summed E-state index contributed by atoms with van der Waals surface area (Å²) in [6.07, 6.45) is 4.30. The van der Waals surface area contributed by atoms with E-state index in [-0.39, 0.29) is 5.56 Å². The first-order chi connectivity index (χ1) is 9.13. The molecule has 0 saturated carbocycles. The van der Waals surface area contributed by atoms with Gasteiger partial charge in [0, 0.05) is 12.5 Å². The lowest BCUT2D eigenvalue weighted by molar-refractivity contribution is 0.0697. The Morgan fingerprint density at radius 1 is 1.47 bits per heavy atom. The molecule has 3 rings (SSSR count). The van der Waals surface area contributed by atoms with E-state index >= 15 is 0 Å². The maximum Gasteiger partial charge on any atom is 0.335 e. The molecule has 2 saturated heterocycles. The highest BCUT2D eigenvalue weighted by atomic mass is 16.5. The van der Waals surface area contributed by atoms with Gasteiger partial charge in [-0.15, -0.1) is 0 Å². The van der Waals surface area contributed by atoms with Gasteiger partial charge in [-0.3, -0.25) is 0 Å². The predicted octanol–water partition coefficient (Wildman–Crippen LogP) is 1.95. The zero-order chi connectivity index (χ0) is 13.4. The van der Waals surface area contributed by atoms with Crippen molar-refractivity contribution in [2.24, 2.45) is 5.92 Å². The average molecular weight is 262 g/mol. The molecule has 0 spiro atoms. The van der Waals surface area contributed by atoms with Gasteiger partial charge in [-0.2, -0.15) is 0 Å². The number of rotatable bonds is 4. The Hall–Kier alpha value is -1.75. The number of aromatic carboxylic acids is 1. The van der Waals surface area contributed by atoms with Gasteiger partial charge in [-0.05, 0) is 37.5 Å². The molecule has 0 amide bonds. The van der Waals surface area contributed by atoms with E-state index in [2.05, 4.69) is 5.32 Å². The van der Waals surface area contributed by atoms with Crippen LogP contribution >= 0.6 is 0 Å². The summed E-state index contributed by atoms with van der Waals surface area (Å²) in [5.74, 6) is -0.419. The van der Waals surface area contributed by atoms with Gasteiger partial charge in [0.15, 0.2) is 0 Å². The number of ether oxygens (including phenoxy) is 1. The smallest absolute Gasteiger partial charge is 0.335 e. The van der Waals surface area contributed by atoms with Crippen LogP contribution in [-0.4, -0.2) is 29.8 Å². The van der Waals surface area contributed by atoms with Crippen LogP contribution in [0.25, 0.3) is 0 Å². The number of nitrogen functional groups attached to an aromatic ring is 1. The quantitative estimate of drug-likeness (QED) is 0.722. The maximum absolute atomic E-state index is 10.8. The lowest BCUT2D eigenvalue weighted by atomic mass is 9.89. The molecule has 0 aliphatic carbocycles. The first-order valence-corrected chi connectivity index (χ1v) is 6.65. The molecule has 3 unspecified atom stereocenters. The molecule has 5 heteroatoms. The number of hydrogen-bond donors (Lipinski definition) is 3. The monoisotopic (exact) mass is 262 g/mol. The summed E-state index contributed by atoms with van der Waals surface area (Å²) in [7, 11) is 0. The van der Waals surface area contributed by atoms with Crippen molar-refractivity contribution in [3.8, 4) is 0 Å². The van der Waals surface area contributed by atoms with Crippen LogP contribution in [0.2, 0.25) is 0 Å². The Morgan fingerprint density at radius 2 is 2.32 bits per heavy atom. The van der Waals surface area contributed by atoms with Gasteiger partial charge >= 0.3 is 5.97 Å². The number of anilines is 2. The Morgan fingerprint density at radius 3 is 2.89 bits per heavy atom. The van der Waals surface area contributed by atoms with Crippen LogP contribution in [0.4, 0.5) is 11.4 Å². The Bertz CT molecular complexity index is 503. The van der Waals surface area contributed by atoms with E-state index in [4.69, 9.17) is 15.6 Å². The summed E-state index contributed by atoms with van der Waals surface area (Å²) in [5, 5.41) is 12.2. The third-order valence-electron chi connectivity index (χ3n) is 4.09. The van der Waals surface area contributed by atoms with Crippen LogP contribution in [0.15, 0.2) is 18.2 Å². The number of carbonyl (C=O) groups is 1. The van der Waals surface area contributed by atoms with Gasteiger partial charge in [-0.1, -0.05) is 0 Å². The minimum atomic E-state index is -0.959. The van der Waals surface area contributed by atoms with Crippen molar-refractivity contribution in [3.63, 3.8) is 0 Å². The number of nitrogens with two attached hydrogens (primary N) is 1. The number of carboxylic acid groups (broad SMARTS) is 1. The van der Waals surface area contributed by atoms with Crippen molar-refractivity contribution in [2.75, 3.05) is 17.6 Å². The lowest BCUT2D eigenvalue weighted by Crippen LogP contribution is -2.24. The minimum Gasteiger partial charge on any atom is -0.478 e. The lowest BCUT2D eigenvalue weighted by Gasteiger charge is -2.20. The summed E-state index contributed by atoms with van der Waals surface area (Å²) in [6, 6.07) is 4.78.